The summed E-state index contributed by atoms with van der Waals surface area (Å²) < 4.78 is 12.6. The lowest BCUT2D eigenvalue weighted by Crippen LogP contribution is -2.40. The van der Waals surface area contributed by atoms with Crippen LogP contribution in [0.1, 0.15) is 13.8 Å². The standard InChI is InChI=1S/C11H17FN2S/c1-8(2)11(14-13)7-15-10-5-3-9(12)4-6-10/h3-6,8,11,14H,7,13H2,1-2H3. The molecule has 0 amide bonds. The number of rotatable bonds is 5. The molecule has 4 heteroatoms. The van der Waals surface area contributed by atoms with Crippen LogP contribution in [0.3, 0.4) is 0 Å². The topological polar surface area (TPSA) is 38.0 Å². The van der Waals surface area contributed by atoms with E-state index in [-0.39, 0.29) is 11.9 Å². The fourth-order valence-corrected chi connectivity index (χ4v) is 2.33. The zero-order valence-corrected chi connectivity index (χ0v) is 9.85. The minimum atomic E-state index is -0.197. The maximum absolute atomic E-state index is 12.6. The fourth-order valence-electron chi connectivity index (χ4n) is 1.15. The molecule has 0 saturated carbocycles. The molecule has 2 nitrogen and oxygen atoms in total. The third-order valence-corrected chi connectivity index (χ3v) is 3.39. The van der Waals surface area contributed by atoms with Gasteiger partial charge < -0.3 is 0 Å². The van der Waals surface area contributed by atoms with Gasteiger partial charge in [0.05, 0.1) is 0 Å². The van der Waals surface area contributed by atoms with Crippen LogP contribution in [0.25, 0.3) is 0 Å². The van der Waals surface area contributed by atoms with Gasteiger partial charge in [0, 0.05) is 16.7 Å². The van der Waals surface area contributed by atoms with Gasteiger partial charge in [0.15, 0.2) is 0 Å². The van der Waals surface area contributed by atoms with Crippen molar-refractivity contribution in [2.45, 2.75) is 24.8 Å². The largest absolute Gasteiger partial charge is 0.271 e. The highest BCUT2D eigenvalue weighted by atomic mass is 32.2. The third kappa shape index (κ3) is 4.20. The SMILES string of the molecule is CC(C)C(CSc1ccc(F)cc1)NN. The Balaban J connectivity index is 2.45. The minimum absolute atomic E-state index is 0.197. The summed E-state index contributed by atoms with van der Waals surface area (Å²) in [5.74, 6) is 6.62. The number of hydrogen-bond acceptors (Lipinski definition) is 3. The molecular weight excluding hydrogens is 211 g/mol. The molecule has 1 rings (SSSR count). The van der Waals surface area contributed by atoms with Crippen LogP contribution >= 0.6 is 11.8 Å². The number of hydrazine groups is 1. The average Bonchev–Trinajstić information content (AvgIpc) is 2.21. The summed E-state index contributed by atoms with van der Waals surface area (Å²) in [5, 5.41) is 0. The van der Waals surface area contributed by atoms with Gasteiger partial charge in [0.1, 0.15) is 5.82 Å². The molecule has 0 saturated heterocycles. The van der Waals surface area contributed by atoms with Crippen molar-refractivity contribution in [2.75, 3.05) is 5.75 Å². The van der Waals surface area contributed by atoms with Crippen LogP contribution in [-0.4, -0.2) is 11.8 Å². The molecule has 0 aliphatic rings. The van der Waals surface area contributed by atoms with E-state index in [1.54, 1.807) is 23.9 Å². The molecule has 0 aromatic heterocycles. The van der Waals surface area contributed by atoms with E-state index >= 15 is 0 Å². The quantitative estimate of drug-likeness (QED) is 0.462. The zero-order valence-electron chi connectivity index (χ0n) is 9.03. The first-order valence-electron chi connectivity index (χ1n) is 4.98. The lowest BCUT2D eigenvalue weighted by molar-refractivity contribution is 0.443. The van der Waals surface area contributed by atoms with Crippen molar-refractivity contribution in [3.63, 3.8) is 0 Å². The summed E-state index contributed by atoms with van der Waals surface area (Å²) in [6.45, 7) is 4.24. The Kier molecular flexibility index (Phi) is 5.08. The van der Waals surface area contributed by atoms with Gasteiger partial charge in [0.25, 0.3) is 0 Å². The van der Waals surface area contributed by atoms with E-state index in [4.69, 9.17) is 5.84 Å². The summed E-state index contributed by atoms with van der Waals surface area (Å²) in [5.41, 5.74) is 2.79. The van der Waals surface area contributed by atoms with Gasteiger partial charge in [0.2, 0.25) is 0 Å². The van der Waals surface area contributed by atoms with Crippen LogP contribution in [0.15, 0.2) is 29.2 Å². The second-order valence-electron chi connectivity index (χ2n) is 3.78. The maximum atomic E-state index is 12.6. The van der Waals surface area contributed by atoms with E-state index in [9.17, 15) is 4.39 Å². The van der Waals surface area contributed by atoms with Crippen LogP contribution in [0.2, 0.25) is 0 Å². The molecular formula is C11H17FN2S. The lowest BCUT2D eigenvalue weighted by Gasteiger charge is -2.19. The number of nitrogens with one attached hydrogen (secondary N) is 1. The Labute approximate surface area is 94.4 Å². The first kappa shape index (κ1) is 12.5. The normalized spacial score (nSPS) is 13.1. The number of hydrogen-bond donors (Lipinski definition) is 2. The predicted octanol–water partition coefficient (Wildman–Crippen LogP) is 2.41. The van der Waals surface area contributed by atoms with Gasteiger partial charge in [-0.3, -0.25) is 11.3 Å². The highest BCUT2D eigenvalue weighted by molar-refractivity contribution is 7.99. The van der Waals surface area contributed by atoms with Gasteiger partial charge in [-0.15, -0.1) is 11.8 Å². The van der Waals surface area contributed by atoms with E-state index in [2.05, 4.69) is 19.3 Å². The summed E-state index contributed by atoms with van der Waals surface area (Å²) in [6.07, 6.45) is 0. The summed E-state index contributed by atoms with van der Waals surface area (Å²) in [6, 6.07) is 6.80. The fraction of sp³-hybridized carbons (Fsp3) is 0.455. The van der Waals surface area contributed by atoms with Crippen LogP contribution in [0.5, 0.6) is 0 Å². The Hall–Kier alpha value is -0.580. The Morgan fingerprint density at radius 3 is 2.40 bits per heavy atom. The molecule has 1 atom stereocenters. The van der Waals surface area contributed by atoms with Crippen molar-refractivity contribution in [3.05, 3.63) is 30.1 Å². The predicted molar refractivity (Wildman–Crippen MR) is 63.1 cm³/mol. The molecule has 1 aromatic carbocycles. The first-order valence-corrected chi connectivity index (χ1v) is 5.96. The van der Waals surface area contributed by atoms with Crippen molar-refractivity contribution >= 4 is 11.8 Å². The van der Waals surface area contributed by atoms with Crippen molar-refractivity contribution in [2.24, 2.45) is 11.8 Å². The van der Waals surface area contributed by atoms with Gasteiger partial charge in [-0.2, -0.15) is 0 Å². The monoisotopic (exact) mass is 228 g/mol. The van der Waals surface area contributed by atoms with Gasteiger partial charge in [-0.05, 0) is 30.2 Å². The molecule has 0 aliphatic heterocycles. The van der Waals surface area contributed by atoms with Crippen LogP contribution in [0.4, 0.5) is 4.39 Å². The van der Waals surface area contributed by atoms with Crippen molar-refractivity contribution in [1.29, 1.82) is 0 Å². The molecule has 1 unspecified atom stereocenters. The smallest absolute Gasteiger partial charge is 0.123 e. The molecule has 0 heterocycles. The van der Waals surface area contributed by atoms with Crippen molar-refractivity contribution in [3.8, 4) is 0 Å². The second-order valence-corrected chi connectivity index (χ2v) is 4.88. The Bertz CT molecular complexity index is 287. The number of halogens is 1. The van der Waals surface area contributed by atoms with E-state index in [0.717, 1.165) is 10.6 Å². The number of benzene rings is 1. The lowest BCUT2D eigenvalue weighted by atomic mass is 10.1. The van der Waals surface area contributed by atoms with Gasteiger partial charge in [-0.25, -0.2) is 4.39 Å². The molecule has 0 fully saturated rings. The van der Waals surface area contributed by atoms with Crippen molar-refractivity contribution < 1.29 is 4.39 Å². The van der Waals surface area contributed by atoms with Crippen LogP contribution < -0.4 is 11.3 Å². The molecule has 0 bridgehead atoms. The second kappa shape index (κ2) is 6.10. The summed E-state index contributed by atoms with van der Waals surface area (Å²) in [7, 11) is 0. The van der Waals surface area contributed by atoms with E-state index in [1.807, 2.05) is 0 Å². The van der Waals surface area contributed by atoms with Gasteiger partial charge >= 0.3 is 0 Å². The van der Waals surface area contributed by atoms with E-state index in [1.165, 1.54) is 12.1 Å². The molecule has 15 heavy (non-hydrogen) atoms. The number of nitrogens with two attached hydrogens (primary N) is 1. The van der Waals surface area contributed by atoms with Gasteiger partial charge in [-0.1, -0.05) is 13.8 Å². The average molecular weight is 228 g/mol. The zero-order chi connectivity index (χ0) is 11.3. The molecule has 0 radical (unpaired) electrons. The maximum Gasteiger partial charge on any atom is 0.123 e. The van der Waals surface area contributed by atoms with Crippen LogP contribution in [-0.2, 0) is 0 Å². The Morgan fingerprint density at radius 1 is 1.33 bits per heavy atom. The molecule has 1 aromatic rings. The highest BCUT2D eigenvalue weighted by Crippen LogP contribution is 2.20. The van der Waals surface area contributed by atoms with Crippen molar-refractivity contribution in [1.82, 2.24) is 5.43 Å². The Morgan fingerprint density at radius 2 is 1.93 bits per heavy atom. The number of thioether (sulfide) groups is 1. The summed E-state index contributed by atoms with van der Waals surface area (Å²) >= 11 is 1.68. The van der Waals surface area contributed by atoms with Crippen LogP contribution in [0, 0.1) is 11.7 Å². The summed E-state index contributed by atoms with van der Waals surface area (Å²) in [4.78, 5) is 1.07. The van der Waals surface area contributed by atoms with E-state index in [0.29, 0.717) is 5.92 Å². The first-order chi connectivity index (χ1) is 7.13. The third-order valence-electron chi connectivity index (χ3n) is 2.26. The molecule has 0 aliphatic carbocycles. The van der Waals surface area contributed by atoms with E-state index < -0.39 is 0 Å². The molecule has 3 N–H and O–H groups in total. The molecule has 84 valence electrons. The minimum Gasteiger partial charge on any atom is -0.271 e. The highest BCUT2D eigenvalue weighted by Gasteiger charge is 2.11. The molecule has 0 spiro atoms.